The standard InChI is InChI=1S/C28H30ClNO5/c1-3-15-34-28(33)24(4-2)35-25-17-19(18-11-13-22(29)14-12-18)9-10-21(25)16-20-7-5-6-8-23(20)26(31)27(30)32/h5-14,17,24,26,31H,3-4,15-16H2,1-2H3,(H2,30,32). The minimum Gasteiger partial charge on any atom is -0.478 e. The van der Waals surface area contributed by atoms with Gasteiger partial charge in [0.2, 0.25) is 0 Å². The number of rotatable bonds is 11. The highest BCUT2D eigenvalue weighted by atomic mass is 35.5. The number of ether oxygens (including phenoxy) is 2. The lowest BCUT2D eigenvalue weighted by molar-refractivity contribution is -0.152. The van der Waals surface area contributed by atoms with Crippen LogP contribution in [0.2, 0.25) is 5.02 Å². The summed E-state index contributed by atoms with van der Waals surface area (Å²) in [6.07, 6.45) is -0.678. The van der Waals surface area contributed by atoms with Crippen LogP contribution in [0.5, 0.6) is 5.75 Å². The van der Waals surface area contributed by atoms with Gasteiger partial charge in [-0.25, -0.2) is 4.79 Å². The third kappa shape index (κ3) is 6.84. The van der Waals surface area contributed by atoms with Gasteiger partial charge < -0.3 is 20.3 Å². The molecule has 0 heterocycles. The number of carbonyl (C=O) groups is 2. The van der Waals surface area contributed by atoms with Crippen LogP contribution < -0.4 is 10.5 Å². The second-order valence-corrected chi connectivity index (χ2v) is 8.63. The first kappa shape index (κ1) is 26.3. The van der Waals surface area contributed by atoms with Gasteiger partial charge in [0.15, 0.2) is 12.2 Å². The van der Waals surface area contributed by atoms with Crippen LogP contribution in [0.4, 0.5) is 0 Å². The molecule has 2 unspecified atom stereocenters. The molecule has 184 valence electrons. The minimum absolute atomic E-state index is 0.328. The topological polar surface area (TPSA) is 98.8 Å². The van der Waals surface area contributed by atoms with Gasteiger partial charge in [-0.2, -0.15) is 0 Å². The molecule has 3 aromatic rings. The number of benzene rings is 3. The molecule has 0 fully saturated rings. The number of aliphatic hydroxyl groups excluding tert-OH is 1. The van der Waals surface area contributed by atoms with Gasteiger partial charge in [0.1, 0.15) is 5.75 Å². The van der Waals surface area contributed by atoms with Crippen molar-refractivity contribution in [1.82, 2.24) is 0 Å². The second kappa shape index (κ2) is 12.4. The van der Waals surface area contributed by atoms with Crippen LogP contribution in [-0.4, -0.2) is 29.7 Å². The Hall–Kier alpha value is -3.35. The Morgan fingerprint density at radius 3 is 2.31 bits per heavy atom. The van der Waals surface area contributed by atoms with E-state index in [2.05, 4.69) is 0 Å². The lowest BCUT2D eigenvalue weighted by Crippen LogP contribution is -2.29. The van der Waals surface area contributed by atoms with Gasteiger partial charge in [0.25, 0.3) is 5.91 Å². The zero-order valence-electron chi connectivity index (χ0n) is 19.9. The second-order valence-electron chi connectivity index (χ2n) is 8.19. The van der Waals surface area contributed by atoms with Crippen molar-refractivity contribution >= 4 is 23.5 Å². The Bertz CT molecular complexity index is 1160. The van der Waals surface area contributed by atoms with Crippen molar-refractivity contribution in [3.05, 3.63) is 88.4 Å². The van der Waals surface area contributed by atoms with Gasteiger partial charge >= 0.3 is 5.97 Å². The third-order valence-corrected chi connectivity index (χ3v) is 5.85. The Balaban J connectivity index is 2.01. The first-order valence-corrected chi connectivity index (χ1v) is 12.0. The Labute approximate surface area is 210 Å². The monoisotopic (exact) mass is 495 g/mol. The van der Waals surface area contributed by atoms with Gasteiger partial charge in [0.05, 0.1) is 6.61 Å². The molecule has 3 aromatic carbocycles. The highest BCUT2D eigenvalue weighted by molar-refractivity contribution is 6.30. The molecule has 0 aromatic heterocycles. The summed E-state index contributed by atoms with van der Waals surface area (Å²) in [6, 6.07) is 20.2. The molecule has 7 heteroatoms. The highest BCUT2D eigenvalue weighted by Gasteiger charge is 2.23. The van der Waals surface area contributed by atoms with Crippen LogP contribution in [0.15, 0.2) is 66.7 Å². The molecule has 35 heavy (non-hydrogen) atoms. The van der Waals surface area contributed by atoms with Gasteiger partial charge in [-0.1, -0.05) is 74.0 Å². The average molecular weight is 496 g/mol. The number of primary amides is 1. The quantitative estimate of drug-likeness (QED) is 0.355. The summed E-state index contributed by atoms with van der Waals surface area (Å²) in [5.74, 6) is -0.723. The van der Waals surface area contributed by atoms with Crippen LogP contribution in [0, 0.1) is 0 Å². The summed E-state index contributed by atoms with van der Waals surface area (Å²) >= 11 is 6.04. The van der Waals surface area contributed by atoms with Crippen molar-refractivity contribution in [2.75, 3.05) is 6.61 Å². The number of carbonyl (C=O) groups excluding carboxylic acids is 2. The Morgan fingerprint density at radius 1 is 0.971 bits per heavy atom. The van der Waals surface area contributed by atoms with E-state index in [0.29, 0.717) is 35.8 Å². The summed E-state index contributed by atoms with van der Waals surface area (Å²) in [5, 5.41) is 10.9. The molecule has 2 atom stereocenters. The van der Waals surface area contributed by atoms with E-state index in [1.165, 1.54) is 0 Å². The number of aliphatic hydroxyl groups is 1. The lowest BCUT2D eigenvalue weighted by Gasteiger charge is -2.21. The molecule has 3 rings (SSSR count). The van der Waals surface area contributed by atoms with Crippen molar-refractivity contribution in [2.24, 2.45) is 5.73 Å². The van der Waals surface area contributed by atoms with Gasteiger partial charge in [0, 0.05) is 11.4 Å². The number of amides is 1. The molecule has 0 aliphatic heterocycles. The molecule has 0 aliphatic carbocycles. The normalized spacial score (nSPS) is 12.6. The molecule has 0 saturated carbocycles. The molecule has 0 radical (unpaired) electrons. The van der Waals surface area contributed by atoms with Crippen molar-refractivity contribution < 1.29 is 24.2 Å². The number of nitrogens with two attached hydrogens (primary N) is 1. The smallest absolute Gasteiger partial charge is 0.347 e. The van der Waals surface area contributed by atoms with Gasteiger partial charge in [-0.05, 0) is 58.9 Å². The van der Waals surface area contributed by atoms with Crippen LogP contribution >= 0.6 is 11.6 Å². The molecule has 1 amide bonds. The van der Waals surface area contributed by atoms with Crippen LogP contribution in [-0.2, 0) is 20.7 Å². The largest absolute Gasteiger partial charge is 0.478 e. The maximum absolute atomic E-state index is 12.6. The summed E-state index contributed by atoms with van der Waals surface area (Å²) in [7, 11) is 0. The molecular weight excluding hydrogens is 466 g/mol. The number of hydrogen-bond donors (Lipinski definition) is 2. The molecule has 6 nitrogen and oxygen atoms in total. The molecule has 0 bridgehead atoms. The Kier molecular flexibility index (Phi) is 9.29. The van der Waals surface area contributed by atoms with Crippen LogP contribution in [0.3, 0.4) is 0 Å². The molecule has 0 spiro atoms. The molecule has 0 saturated heterocycles. The fourth-order valence-corrected chi connectivity index (χ4v) is 3.83. The van der Waals surface area contributed by atoms with Crippen LogP contribution in [0.1, 0.15) is 49.5 Å². The predicted molar refractivity (Wildman–Crippen MR) is 136 cm³/mol. The highest BCUT2D eigenvalue weighted by Crippen LogP contribution is 2.32. The fraction of sp³-hybridized carbons (Fsp3) is 0.286. The van der Waals surface area contributed by atoms with E-state index in [1.54, 1.807) is 12.1 Å². The molecule has 0 aliphatic rings. The average Bonchev–Trinajstić information content (AvgIpc) is 2.86. The van der Waals surface area contributed by atoms with E-state index in [9.17, 15) is 14.7 Å². The zero-order chi connectivity index (χ0) is 25.4. The molecular formula is C28H30ClNO5. The van der Waals surface area contributed by atoms with Crippen molar-refractivity contribution in [1.29, 1.82) is 0 Å². The minimum atomic E-state index is -1.42. The summed E-state index contributed by atoms with van der Waals surface area (Å²) in [5.41, 5.74) is 9.12. The maximum atomic E-state index is 12.6. The predicted octanol–water partition coefficient (Wildman–Crippen LogP) is 5.23. The number of esters is 1. The van der Waals surface area contributed by atoms with Crippen molar-refractivity contribution in [2.45, 2.75) is 45.3 Å². The third-order valence-electron chi connectivity index (χ3n) is 5.60. The lowest BCUT2D eigenvalue weighted by atomic mass is 9.94. The summed E-state index contributed by atoms with van der Waals surface area (Å²) in [4.78, 5) is 24.2. The number of halogens is 1. The zero-order valence-corrected chi connectivity index (χ0v) is 20.6. The van der Waals surface area contributed by atoms with E-state index in [0.717, 1.165) is 28.7 Å². The van der Waals surface area contributed by atoms with E-state index in [-0.39, 0.29) is 0 Å². The molecule has 3 N–H and O–H groups in total. The maximum Gasteiger partial charge on any atom is 0.347 e. The van der Waals surface area contributed by atoms with E-state index < -0.39 is 24.1 Å². The number of hydrogen-bond acceptors (Lipinski definition) is 5. The van der Waals surface area contributed by atoms with E-state index in [1.807, 2.05) is 68.4 Å². The first-order valence-electron chi connectivity index (χ1n) is 11.6. The van der Waals surface area contributed by atoms with Crippen LogP contribution in [0.25, 0.3) is 11.1 Å². The first-order chi connectivity index (χ1) is 16.8. The van der Waals surface area contributed by atoms with Crippen molar-refractivity contribution in [3.63, 3.8) is 0 Å². The van der Waals surface area contributed by atoms with Gasteiger partial charge in [-0.3, -0.25) is 4.79 Å². The summed E-state index contributed by atoms with van der Waals surface area (Å²) in [6.45, 7) is 4.12. The SMILES string of the molecule is CCCOC(=O)C(CC)Oc1cc(-c2ccc(Cl)cc2)ccc1Cc1ccccc1C(O)C(N)=O. The van der Waals surface area contributed by atoms with E-state index in [4.69, 9.17) is 26.8 Å². The van der Waals surface area contributed by atoms with Crippen molar-refractivity contribution in [3.8, 4) is 16.9 Å². The van der Waals surface area contributed by atoms with Gasteiger partial charge in [-0.15, -0.1) is 0 Å². The Morgan fingerprint density at radius 2 is 1.66 bits per heavy atom. The summed E-state index contributed by atoms with van der Waals surface area (Å²) < 4.78 is 11.5. The fourth-order valence-electron chi connectivity index (χ4n) is 3.70. The van der Waals surface area contributed by atoms with E-state index >= 15 is 0 Å².